The van der Waals surface area contributed by atoms with Gasteiger partial charge in [0.2, 0.25) is 0 Å². The van der Waals surface area contributed by atoms with Crippen molar-refractivity contribution < 1.29 is 18.3 Å². The van der Waals surface area contributed by atoms with E-state index < -0.39 is 11.2 Å². The molecule has 0 saturated heterocycles. The summed E-state index contributed by atoms with van der Waals surface area (Å²) in [4.78, 5) is 4.29. The molecule has 0 radical (unpaired) electrons. The first kappa shape index (κ1) is 37.9. The van der Waals surface area contributed by atoms with E-state index in [-0.39, 0.29) is 28.6 Å². The fourth-order valence-electron chi connectivity index (χ4n) is 6.82. The summed E-state index contributed by atoms with van der Waals surface area (Å²) in [5.74, 6) is -0.500. The van der Waals surface area contributed by atoms with Crippen LogP contribution in [-0.2, 0) is 33.9 Å². The zero-order valence-electron chi connectivity index (χ0n) is 28.5. The van der Waals surface area contributed by atoms with Gasteiger partial charge in [0.05, 0.1) is 36.5 Å². The lowest BCUT2D eigenvalue weighted by molar-refractivity contribution is -0.0141. The Labute approximate surface area is 299 Å². The van der Waals surface area contributed by atoms with Gasteiger partial charge in [0.25, 0.3) is 0 Å². The van der Waals surface area contributed by atoms with Crippen LogP contribution in [0.4, 0.5) is 8.78 Å². The Hall–Kier alpha value is -3.96. The molecule has 2 heterocycles. The van der Waals surface area contributed by atoms with Crippen LogP contribution >= 0.6 is 17.0 Å². The molecule has 9 heteroatoms. The van der Waals surface area contributed by atoms with Gasteiger partial charge in [-0.15, -0.1) is 17.0 Å². The molecule has 0 fully saturated rings. The van der Waals surface area contributed by atoms with Gasteiger partial charge in [0, 0.05) is 0 Å². The highest BCUT2D eigenvalue weighted by Crippen LogP contribution is 2.47. The highest BCUT2D eigenvalue weighted by molar-refractivity contribution is 8.93. The summed E-state index contributed by atoms with van der Waals surface area (Å²) in [5.41, 5.74) is 6.35. The van der Waals surface area contributed by atoms with Gasteiger partial charge in [-0.3, -0.25) is 0 Å². The van der Waals surface area contributed by atoms with Crippen LogP contribution in [0.15, 0.2) is 84.9 Å². The van der Waals surface area contributed by atoms with Crippen LogP contribution in [-0.4, -0.2) is 51.1 Å². The first-order valence-corrected chi connectivity index (χ1v) is 16.3. The molecule has 0 N–H and O–H groups in total. The lowest BCUT2D eigenvalue weighted by Gasteiger charge is -2.31. The smallest absolute Gasteiger partial charge is 0.123 e. The van der Waals surface area contributed by atoms with E-state index in [0.29, 0.717) is 24.3 Å². The fraction of sp³-hybridized carbons (Fsp3) is 0.350. The molecule has 2 unspecified atom stereocenters. The van der Waals surface area contributed by atoms with E-state index in [9.17, 15) is 8.78 Å². The second kappa shape index (κ2) is 16.6. The summed E-state index contributed by atoms with van der Waals surface area (Å²) < 4.78 is 39.3. The van der Waals surface area contributed by atoms with E-state index in [2.05, 4.69) is 21.9 Å². The molecular formula is C40H43BrF2N4O2. The van der Waals surface area contributed by atoms with Crippen LogP contribution in [0, 0.1) is 34.3 Å². The van der Waals surface area contributed by atoms with Crippen molar-refractivity contribution in [3.8, 4) is 12.1 Å². The number of benzene rings is 4. The number of fused-ring (bicyclic) bond motifs is 2. The third-order valence-corrected chi connectivity index (χ3v) is 9.18. The maximum Gasteiger partial charge on any atom is 0.123 e. The second-order valence-corrected chi connectivity index (χ2v) is 13.0. The van der Waals surface area contributed by atoms with E-state index in [0.717, 1.165) is 72.2 Å². The van der Waals surface area contributed by atoms with Gasteiger partial charge in [-0.25, -0.2) is 8.78 Å². The summed E-state index contributed by atoms with van der Waals surface area (Å²) in [6.45, 7) is 2.87. The minimum atomic E-state index is -0.562. The van der Waals surface area contributed by atoms with Crippen molar-refractivity contribution >= 4 is 17.0 Å². The number of halogens is 3. The first-order chi connectivity index (χ1) is 23.1. The molecule has 2 aliphatic rings. The van der Waals surface area contributed by atoms with Gasteiger partial charge < -0.3 is 19.3 Å². The highest BCUT2D eigenvalue weighted by Gasteiger charge is 2.42. The Kier molecular flexibility index (Phi) is 12.8. The van der Waals surface area contributed by atoms with Crippen LogP contribution in [0.5, 0.6) is 0 Å². The lowest BCUT2D eigenvalue weighted by atomic mass is 9.81. The van der Waals surface area contributed by atoms with Gasteiger partial charge in [0.15, 0.2) is 0 Å². The molecule has 6 nitrogen and oxygen atoms in total. The Morgan fingerprint density at radius 1 is 0.612 bits per heavy atom. The molecular weight excluding hydrogens is 686 g/mol. The van der Waals surface area contributed by atoms with Crippen molar-refractivity contribution in [2.75, 3.05) is 41.3 Å². The summed E-state index contributed by atoms with van der Waals surface area (Å²) in [6, 6.07) is 28.9. The number of hydrogen-bond donors (Lipinski definition) is 0. The van der Waals surface area contributed by atoms with Crippen molar-refractivity contribution in [2.45, 2.75) is 50.1 Å². The standard InChI is InChI=1S/2C20H21FN2O.BrH/c2*1-23(2)11-3-10-20(17-5-7-18(21)8-6-17)19-9-4-15(13-22)12-16(19)14-24-20;/h2*4-9,12H,3,10-11,14H2,1-2H3;1H. The molecule has 6 rings (SSSR count). The summed E-state index contributed by atoms with van der Waals surface area (Å²) in [5, 5.41) is 18.2. The molecule has 0 aliphatic carbocycles. The molecule has 0 aromatic heterocycles. The molecule has 49 heavy (non-hydrogen) atoms. The SMILES string of the molecule is Br.CN(C)CCCC1(c2ccc(F)cc2)OCc2cc(C#N)ccc21.CN(C)CCCC1(c2ccc(F)cc2)OCc2cc(C#N)ccc21. The number of rotatable bonds is 10. The summed E-state index contributed by atoms with van der Waals surface area (Å²) >= 11 is 0. The van der Waals surface area contributed by atoms with Crippen LogP contribution in [0.3, 0.4) is 0 Å². The highest BCUT2D eigenvalue weighted by atomic mass is 79.9. The summed E-state index contributed by atoms with van der Waals surface area (Å²) in [7, 11) is 8.20. The lowest BCUT2D eigenvalue weighted by Crippen LogP contribution is -2.28. The van der Waals surface area contributed by atoms with Crippen LogP contribution in [0.1, 0.15) is 70.2 Å². The van der Waals surface area contributed by atoms with Gasteiger partial charge >= 0.3 is 0 Å². The predicted octanol–water partition coefficient (Wildman–Crippen LogP) is 8.20. The molecule has 4 aromatic rings. The molecule has 0 spiro atoms. The van der Waals surface area contributed by atoms with Crippen molar-refractivity contribution in [3.05, 3.63) is 141 Å². The van der Waals surface area contributed by atoms with Crippen molar-refractivity contribution in [3.63, 3.8) is 0 Å². The third-order valence-electron chi connectivity index (χ3n) is 9.18. The van der Waals surface area contributed by atoms with E-state index in [4.69, 9.17) is 20.0 Å². The number of nitrogens with zero attached hydrogens (tertiary/aromatic N) is 4. The molecule has 0 saturated carbocycles. The van der Waals surface area contributed by atoms with Gasteiger partial charge in [-0.1, -0.05) is 36.4 Å². The molecule has 4 aromatic carbocycles. The zero-order valence-corrected chi connectivity index (χ0v) is 30.2. The molecule has 0 amide bonds. The minimum absolute atomic E-state index is 0. The average molecular weight is 730 g/mol. The van der Waals surface area contributed by atoms with Crippen molar-refractivity contribution in [1.82, 2.24) is 9.80 Å². The topological polar surface area (TPSA) is 72.5 Å². The molecule has 256 valence electrons. The predicted molar refractivity (Wildman–Crippen MR) is 192 cm³/mol. The quantitative estimate of drug-likeness (QED) is 0.164. The normalized spacial score (nSPS) is 18.9. The van der Waals surface area contributed by atoms with Gasteiger partial charge in [-0.2, -0.15) is 10.5 Å². The maximum atomic E-state index is 13.4. The van der Waals surface area contributed by atoms with Gasteiger partial charge in [0.1, 0.15) is 22.8 Å². The van der Waals surface area contributed by atoms with E-state index in [1.54, 1.807) is 24.3 Å². The van der Waals surface area contributed by atoms with E-state index in [1.165, 1.54) is 24.3 Å². The molecule has 2 aliphatic heterocycles. The zero-order chi connectivity index (χ0) is 34.3. The fourth-order valence-corrected chi connectivity index (χ4v) is 6.82. The van der Waals surface area contributed by atoms with Crippen molar-refractivity contribution in [1.29, 1.82) is 10.5 Å². The number of ether oxygens (including phenoxy) is 2. The van der Waals surface area contributed by atoms with Crippen LogP contribution in [0.25, 0.3) is 0 Å². The Balaban J connectivity index is 0.000000216. The first-order valence-electron chi connectivity index (χ1n) is 16.3. The molecule has 2 atom stereocenters. The minimum Gasteiger partial charge on any atom is -0.361 e. The Bertz CT molecular complexity index is 1670. The number of hydrogen-bond acceptors (Lipinski definition) is 6. The largest absolute Gasteiger partial charge is 0.361 e. The molecule has 0 bridgehead atoms. The van der Waals surface area contributed by atoms with E-state index >= 15 is 0 Å². The van der Waals surface area contributed by atoms with E-state index in [1.807, 2.05) is 64.6 Å². The average Bonchev–Trinajstić information content (AvgIpc) is 3.64. The van der Waals surface area contributed by atoms with Crippen LogP contribution in [0.2, 0.25) is 0 Å². The third kappa shape index (κ3) is 8.44. The van der Waals surface area contributed by atoms with Crippen molar-refractivity contribution in [2.24, 2.45) is 0 Å². The Morgan fingerprint density at radius 3 is 1.31 bits per heavy atom. The summed E-state index contributed by atoms with van der Waals surface area (Å²) in [6.07, 6.45) is 3.55. The Morgan fingerprint density at radius 2 is 0.980 bits per heavy atom. The van der Waals surface area contributed by atoms with Gasteiger partial charge in [-0.05, 0) is 149 Å². The number of nitriles is 2. The van der Waals surface area contributed by atoms with Crippen LogP contribution < -0.4 is 0 Å². The second-order valence-electron chi connectivity index (χ2n) is 13.0. The monoisotopic (exact) mass is 728 g/mol. The maximum absolute atomic E-state index is 13.4.